The molecule has 0 aliphatic carbocycles. The maximum Gasteiger partial charge on any atom is 0.119 e. The predicted octanol–water partition coefficient (Wildman–Crippen LogP) is 3.03. The summed E-state index contributed by atoms with van der Waals surface area (Å²) in [7, 11) is 1.72. The van der Waals surface area contributed by atoms with Gasteiger partial charge in [0, 0.05) is 41.7 Å². The van der Waals surface area contributed by atoms with Gasteiger partial charge in [-0.3, -0.25) is 4.90 Å². The molecule has 3 saturated heterocycles. The minimum Gasteiger partial charge on any atom is -0.497 e. The molecule has 126 valence electrons. The van der Waals surface area contributed by atoms with Gasteiger partial charge in [0.2, 0.25) is 0 Å². The van der Waals surface area contributed by atoms with Crippen molar-refractivity contribution < 1.29 is 9.84 Å². The van der Waals surface area contributed by atoms with Crippen LogP contribution in [0.5, 0.6) is 5.75 Å². The van der Waals surface area contributed by atoms with E-state index < -0.39 is 0 Å². The first-order chi connectivity index (χ1) is 11.7. The Morgan fingerprint density at radius 1 is 1.42 bits per heavy atom. The SMILES string of the molecule is CC=C1CN2[C@@H]3Cc4c([nH]c5ccc(OC)cc45)[C@@H]2C[C@@H]1[C@H]3CO. The standard InChI is InChI=1S/C20H24N2O2/c1-3-11-9-22-18-8-15-14-6-12(24-2)4-5-17(14)21-20(15)19(22)7-13(11)16(18)10-23/h3-6,13,16,18-19,21,23H,7-10H2,1-2H3/t13-,16+,18+,19-/m0/s1. The highest BCUT2D eigenvalue weighted by molar-refractivity contribution is 5.86. The number of aliphatic hydroxyl groups is 1. The highest BCUT2D eigenvalue weighted by atomic mass is 16.5. The molecule has 1 aromatic carbocycles. The van der Waals surface area contributed by atoms with Crippen LogP contribution in [-0.2, 0) is 6.42 Å². The minimum atomic E-state index is 0.289. The third kappa shape index (κ3) is 1.76. The van der Waals surface area contributed by atoms with Gasteiger partial charge in [0.05, 0.1) is 13.2 Å². The van der Waals surface area contributed by atoms with Crippen LogP contribution in [-0.4, -0.2) is 41.3 Å². The van der Waals surface area contributed by atoms with Gasteiger partial charge in [-0.1, -0.05) is 11.6 Å². The summed E-state index contributed by atoms with van der Waals surface area (Å²) in [4.78, 5) is 6.32. The number of aromatic nitrogens is 1. The largest absolute Gasteiger partial charge is 0.497 e. The summed E-state index contributed by atoms with van der Waals surface area (Å²) in [5, 5.41) is 11.3. The van der Waals surface area contributed by atoms with Gasteiger partial charge >= 0.3 is 0 Å². The first-order valence-electron chi connectivity index (χ1n) is 8.95. The quantitative estimate of drug-likeness (QED) is 0.835. The summed E-state index contributed by atoms with van der Waals surface area (Å²) in [6, 6.07) is 7.24. The number of nitrogens with one attached hydrogen (secondary N) is 1. The van der Waals surface area contributed by atoms with Crippen LogP contribution >= 0.6 is 0 Å². The second kappa shape index (κ2) is 5.11. The van der Waals surface area contributed by atoms with Crippen LogP contribution in [0.2, 0.25) is 0 Å². The Balaban J connectivity index is 1.66. The van der Waals surface area contributed by atoms with Gasteiger partial charge in [0.25, 0.3) is 0 Å². The number of fused-ring (bicyclic) bond motifs is 4. The molecule has 0 spiro atoms. The number of hydrogen-bond acceptors (Lipinski definition) is 3. The van der Waals surface area contributed by atoms with Crippen LogP contribution in [0.15, 0.2) is 29.8 Å². The van der Waals surface area contributed by atoms with Crippen LogP contribution < -0.4 is 4.74 Å². The van der Waals surface area contributed by atoms with Crippen molar-refractivity contribution in [2.75, 3.05) is 20.3 Å². The highest BCUT2D eigenvalue weighted by Gasteiger charge is 2.52. The molecule has 4 aliphatic heterocycles. The number of benzene rings is 1. The van der Waals surface area contributed by atoms with Gasteiger partial charge in [-0.25, -0.2) is 0 Å². The lowest BCUT2D eigenvalue weighted by Gasteiger charge is -2.58. The van der Waals surface area contributed by atoms with E-state index in [2.05, 4.69) is 35.0 Å². The van der Waals surface area contributed by atoms with E-state index in [4.69, 9.17) is 4.74 Å². The van der Waals surface area contributed by atoms with E-state index in [1.807, 2.05) is 6.07 Å². The molecule has 1 unspecified atom stereocenters. The summed E-state index contributed by atoms with van der Waals surface area (Å²) >= 11 is 0. The van der Waals surface area contributed by atoms with Crippen LogP contribution in [0.25, 0.3) is 10.9 Å². The summed E-state index contributed by atoms with van der Waals surface area (Å²) in [6.45, 7) is 3.49. The fourth-order valence-electron chi connectivity index (χ4n) is 5.47. The van der Waals surface area contributed by atoms with Crippen molar-refractivity contribution >= 4 is 10.9 Å². The predicted molar refractivity (Wildman–Crippen MR) is 94.2 cm³/mol. The molecule has 4 nitrogen and oxygen atoms in total. The lowest BCUT2D eigenvalue weighted by atomic mass is 9.64. The molecule has 2 aromatic rings. The van der Waals surface area contributed by atoms with Crippen LogP contribution in [0.4, 0.5) is 0 Å². The lowest BCUT2D eigenvalue weighted by Crippen LogP contribution is -2.60. The molecule has 6 rings (SSSR count). The Kier molecular flexibility index (Phi) is 3.10. The van der Waals surface area contributed by atoms with Crippen molar-refractivity contribution in [2.24, 2.45) is 11.8 Å². The molecular weight excluding hydrogens is 300 g/mol. The molecule has 4 aliphatic rings. The maximum absolute atomic E-state index is 10.1. The Morgan fingerprint density at radius 3 is 3.04 bits per heavy atom. The number of allylic oxidation sites excluding steroid dienone is 1. The number of methoxy groups -OCH3 is 1. The van der Waals surface area contributed by atoms with Crippen molar-refractivity contribution in [3.05, 3.63) is 41.1 Å². The van der Waals surface area contributed by atoms with Gasteiger partial charge < -0.3 is 14.8 Å². The third-order valence-corrected chi connectivity index (χ3v) is 6.63. The normalized spacial score (nSPS) is 35.5. The van der Waals surface area contributed by atoms with Gasteiger partial charge in [-0.05, 0) is 49.4 Å². The van der Waals surface area contributed by atoms with E-state index in [1.54, 1.807) is 7.11 Å². The van der Waals surface area contributed by atoms with E-state index in [9.17, 15) is 5.11 Å². The third-order valence-electron chi connectivity index (χ3n) is 6.63. The number of aliphatic hydroxyl groups excluding tert-OH is 1. The van der Waals surface area contributed by atoms with E-state index >= 15 is 0 Å². The summed E-state index contributed by atoms with van der Waals surface area (Å²) in [6.07, 6.45) is 4.42. The Bertz CT molecular complexity index is 838. The molecule has 0 saturated carbocycles. The molecule has 4 heteroatoms. The molecule has 0 amide bonds. The fourth-order valence-corrected chi connectivity index (χ4v) is 5.47. The molecule has 5 heterocycles. The average Bonchev–Trinajstić information content (AvgIpc) is 2.99. The molecule has 1 aromatic heterocycles. The Hall–Kier alpha value is -1.78. The molecule has 3 fully saturated rings. The second-order valence-corrected chi connectivity index (χ2v) is 7.44. The van der Waals surface area contributed by atoms with Crippen molar-refractivity contribution in [3.63, 3.8) is 0 Å². The van der Waals surface area contributed by atoms with E-state index in [0.717, 1.165) is 25.1 Å². The van der Waals surface area contributed by atoms with Crippen LogP contribution in [0, 0.1) is 11.8 Å². The van der Waals surface area contributed by atoms with Crippen molar-refractivity contribution in [1.29, 1.82) is 0 Å². The smallest absolute Gasteiger partial charge is 0.119 e. The molecule has 4 bridgehead atoms. The molecule has 5 atom stereocenters. The van der Waals surface area contributed by atoms with Crippen molar-refractivity contribution in [2.45, 2.75) is 31.8 Å². The van der Waals surface area contributed by atoms with E-state index in [0.29, 0.717) is 23.9 Å². The maximum atomic E-state index is 10.1. The zero-order valence-electron chi connectivity index (χ0n) is 14.2. The second-order valence-electron chi connectivity index (χ2n) is 7.44. The number of nitrogens with zero attached hydrogens (tertiary/aromatic N) is 1. The minimum absolute atomic E-state index is 0.289. The number of H-pyrrole nitrogens is 1. The molecule has 0 radical (unpaired) electrons. The number of hydrogen-bond donors (Lipinski definition) is 2. The first-order valence-corrected chi connectivity index (χ1v) is 8.95. The number of rotatable bonds is 2. The van der Waals surface area contributed by atoms with Gasteiger partial charge in [0.1, 0.15) is 5.75 Å². The van der Waals surface area contributed by atoms with E-state index in [-0.39, 0.29) is 6.61 Å². The number of piperidine rings is 3. The van der Waals surface area contributed by atoms with Gasteiger partial charge in [-0.2, -0.15) is 0 Å². The van der Waals surface area contributed by atoms with E-state index in [1.165, 1.54) is 27.7 Å². The fraction of sp³-hybridized carbons (Fsp3) is 0.500. The van der Waals surface area contributed by atoms with Crippen molar-refractivity contribution in [1.82, 2.24) is 9.88 Å². The molecular formula is C20H24N2O2. The van der Waals surface area contributed by atoms with Crippen LogP contribution in [0.1, 0.15) is 30.6 Å². The highest BCUT2D eigenvalue weighted by Crippen LogP contribution is 2.54. The van der Waals surface area contributed by atoms with Gasteiger partial charge in [0.15, 0.2) is 0 Å². The first kappa shape index (κ1) is 14.6. The topological polar surface area (TPSA) is 48.5 Å². The Morgan fingerprint density at radius 2 is 2.29 bits per heavy atom. The lowest BCUT2D eigenvalue weighted by molar-refractivity contribution is -0.0503. The summed E-state index contributed by atoms with van der Waals surface area (Å²) in [5.74, 6) is 1.82. The summed E-state index contributed by atoms with van der Waals surface area (Å²) < 4.78 is 5.43. The molecule has 2 N–H and O–H groups in total. The van der Waals surface area contributed by atoms with Gasteiger partial charge in [-0.15, -0.1) is 0 Å². The number of aromatic amines is 1. The van der Waals surface area contributed by atoms with Crippen LogP contribution in [0.3, 0.4) is 0 Å². The average molecular weight is 324 g/mol. The zero-order chi connectivity index (χ0) is 16.4. The summed E-state index contributed by atoms with van der Waals surface area (Å²) in [5.41, 5.74) is 5.56. The molecule has 24 heavy (non-hydrogen) atoms. The monoisotopic (exact) mass is 324 g/mol. The zero-order valence-corrected chi connectivity index (χ0v) is 14.2. The number of ether oxygens (including phenoxy) is 1. The Labute approximate surface area is 142 Å². The van der Waals surface area contributed by atoms with Crippen molar-refractivity contribution in [3.8, 4) is 5.75 Å².